The molecule has 0 bridgehead atoms. The van der Waals surface area contributed by atoms with Crippen molar-refractivity contribution in [2.24, 2.45) is 0 Å². The standard InChI is InChI=1S/C23H13Cl2NO2S/c24-15-7-5-14(6-8-15)19-10-11-20(28-19)23(27)26-17-3-1-2-4-21(17)29-22-12-9-16(25)13-18(22)26/h1-13H. The van der Waals surface area contributed by atoms with Gasteiger partial charge in [-0.05, 0) is 66.7 Å². The summed E-state index contributed by atoms with van der Waals surface area (Å²) in [5, 5.41) is 1.22. The number of rotatable bonds is 2. The van der Waals surface area contributed by atoms with E-state index in [1.165, 1.54) is 0 Å². The van der Waals surface area contributed by atoms with Crippen LogP contribution in [0.15, 0.2) is 93.1 Å². The van der Waals surface area contributed by atoms with Crippen LogP contribution in [0.1, 0.15) is 10.6 Å². The molecule has 0 fully saturated rings. The van der Waals surface area contributed by atoms with Crippen LogP contribution >= 0.6 is 35.0 Å². The lowest BCUT2D eigenvalue weighted by Crippen LogP contribution is -2.28. The topological polar surface area (TPSA) is 33.5 Å². The molecule has 5 rings (SSSR count). The van der Waals surface area contributed by atoms with Crippen molar-refractivity contribution in [3.8, 4) is 11.3 Å². The molecule has 2 heterocycles. The van der Waals surface area contributed by atoms with Crippen LogP contribution in [0.4, 0.5) is 11.4 Å². The van der Waals surface area contributed by atoms with Crippen LogP contribution in [0.2, 0.25) is 10.0 Å². The monoisotopic (exact) mass is 437 g/mol. The minimum absolute atomic E-state index is 0.249. The highest BCUT2D eigenvalue weighted by Gasteiger charge is 2.30. The molecule has 0 saturated heterocycles. The Balaban J connectivity index is 1.58. The molecule has 0 N–H and O–H groups in total. The van der Waals surface area contributed by atoms with E-state index in [1.807, 2.05) is 48.5 Å². The van der Waals surface area contributed by atoms with Gasteiger partial charge >= 0.3 is 0 Å². The second-order valence-electron chi connectivity index (χ2n) is 6.49. The van der Waals surface area contributed by atoms with Gasteiger partial charge in [0.05, 0.1) is 11.4 Å². The van der Waals surface area contributed by atoms with E-state index < -0.39 is 0 Å². The second kappa shape index (κ2) is 7.30. The Morgan fingerprint density at radius 3 is 2.34 bits per heavy atom. The molecule has 0 aliphatic carbocycles. The molecule has 1 amide bonds. The number of anilines is 2. The van der Waals surface area contributed by atoms with Crippen LogP contribution in [-0.4, -0.2) is 5.91 Å². The van der Waals surface area contributed by atoms with Crippen molar-refractivity contribution in [2.45, 2.75) is 9.79 Å². The molecule has 0 spiro atoms. The summed E-state index contributed by atoms with van der Waals surface area (Å²) in [4.78, 5) is 17.1. The quantitative estimate of drug-likeness (QED) is 0.322. The maximum atomic E-state index is 13.5. The Morgan fingerprint density at radius 1 is 0.793 bits per heavy atom. The molecule has 0 unspecified atom stereocenters. The number of nitrogens with zero attached hydrogens (tertiary/aromatic N) is 1. The van der Waals surface area contributed by atoms with E-state index in [9.17, 15) is 4.79 Å². The van der Waals surface area contributed by atoms with E-state index in [1.54, 1.807) is 47.0 Å². The van der Waals surface area contributed by atoms with Gasteiger partial charge in [0, 0.05) is 25.4 Å². The van der Waals surface area contributed by atoms with Gasteiger partial charge in [-0.15, -0.1) is 0 Å². The third-order valence-electron chi connectivity index (χ3n) is 4.64. The maximum Gasteiger partial charge on any atom is 0.298 e. The highest BCUT2D eigenvalue weighted by molar-refractivity contribution is 7.99. The Labute approximate surface area is 181 Å². The average molecular weight is 438 g/mol. The van der Waals surface area contributed by atoms with Crippen molar-refractivity contribution in [1.29, 1.82) is 0 Å². The Bertz CT molecular complexity index is 1230. The third-order valence-corrected chi connectivity index (χ3v) is 6.25. The second-order valence-corrected chi connectivity index (χ2v) is 8.45. The normalized spacial score (nSPS) is 12.4. The van der Waals surface area contributed by atoms with Crippen LogP contribution in [0.5, 0.6) is 0 Å². The predicted molar refractivity (Wildman–Crippen MR) is 118 cm³/mol. The Kier molecular flexibility index (Phi) is 4.63. The maximum absolute atomic E-state index is 13.5. The number of hydrogen-bond acceptors (Lipinski definition) is 3. The van der Waals surface area contributed by atoms with Crippen LogP contribution in [-0.2, 0) is 0 Å². The molecule has 1 aliphatic rings. The fraction of sp³-hybridized carbons (Fsp3) is 0. The molecule has 0 saturated carbocycles. The lowest BCUT2D eigenvalue weighted by Gasteiger charge is -2.30. The van der Waals surface area contributed by atoms with Gasteiger partial charge in [-0.2, -0.15) is 0 Å². The number of furan rings is 1. The molecule has 0 atom stereocenters. The van der Waals surface area contributed by atoms with E-state index in [0.717, 1.165) is 26.7 Å². The summed E-state index contributed by atoms with van der Waals surface area (Å²) in [6.07, 6.45) is 0. The van der Waals surface area contributed by atoms with Crippen molar-refractivity contribution in [2.75, 3.05) is 4.90 Å². The predicted octanol–water partition coefficient (Wildman–Crippen LogP) is 7.70. The Hall–Kier alpha value is -2.66. The molecular formula is C23H13Cl2NO2S. The number of carbonyl (C=O) groups excluding carboxylic acids is 1. The van der Waals surface area contributed by atoms with Crippen LogP contribution < -0.4 is 4.90 Å². The van der Waals surface area contributed by atoms with Gasteiger partial charge < -0.3 is 4.42 Å². The number of para-hydroxylation sites is 1. The molecule has 1 aromatic heterocycles. The van der Waals surface area contributed by atoms with Crippen LogP contribution in [0.3, 0.4) is 0 Å². The first-order chi connectivity index (χ1) is 14.1. The van der Waals surface area contributed by atoms with Crippen LogP contribution in [0.25, 0.3) is 11.3 Å². The van der Waals surface area contributed by atoms with Gasteiger partial charge in [-0.1, -0.05) is 47.1 Å². The van der Waals surface area contributed by atoms with Gasteiger partial charge in [0.1, 0.15) is 5.76 Å². The summed E-state index contributed by atoms with van der Waals surface area (Å²) in [7, 11) is 0. The van der Waals surface area contributed by atoms with Crippen molar-refractivity contribution >= 4 is 52.2 Å². The number of fused-ring (bicyclic) bond motifs is 2. The minimum atomic E-state index is -0.249. The lowest BCUT2D eigenvalue weighted by molar-refractivity contribution is 0.0972. The van der Waals surface area contributed by atoms with Crippen molar-refractivity contribution in [1.82, 2.24) is 0 Å². The molecule has 1 aliphatic heterocycles. The molecule has 3 aromatic carbocycles. The summed E-state index contributed by atoms with van der Waals surface area (Å²) in [5.41, 5.74) is 2.41. The summed E-state index contributed by atoms with van der Waals surface area (Å²) < 4.78 is 5.91. The molecule has 0 radical (unpaired) electrons. The number of amides is 1. The first-order valence-corrected chi connectivity index (χ1v) is 10.4. The summed E-state index contributed by atoms with van der Waals surface area (Å²) >= 11 is 13.8. The van der Waals surface area contributed by atoms with E-state index >= 15 is 0 Å². The van der Waals surface area contributed by atoms with Gasteiger partial charge in [0.2, 0.25) is 0 Å². The zero-order valence-electron chi connectivity index (χ0n) is 14.9. The van der Waals surface area contributed by atoms with Crippen molar-refractivity contribution in [3.63, 3.8) is 0 Å². The summed E-state index contributed by atoms with van der Waals surface area (Å²) in [6.45, 7) is 0. The van der Waals surface area contributed by atoms with Crippen molar-refractivity contribution in [3.05, 3.63) is 94.7 Å². The van der Waals surface area contributed by atoms with Gasteiger partial charge in [0.25, 0.3) is 5.91 Å². The fourth-order valence-corrected chi connectivity index (χ4v) is 4.61. The van der Waals surface area contributed by atoms with E-state index in [0.29, 0.717) is 15.8 Å². The van der Waals surface area contributed by atoms with Gasteiger partial charge in [-0.3, -0.25) is 9.69 Å². The lowest BCUT2D eigenvalue weighted by atomic mass is 10.2. The molecule has 142 valence electrons. The van der Waals surface area contributed by atoms with Gasteiger partial charge in [0.15, 0.2) is 5.76 Å². The fourth-order valence-electron chi connectivity index (χ4n) is 3.28. The average Bonchev–Trinajstić information content (AvgIpc) is 3.22. The van der Waals surface area contributed by atoms with Gasteiger partial charge in [-0.25, -0.2) is 0 Å². The third kappa shape index (κ3) is 3.33. The summed E-state index contributed by atoms with van der Waals surface area (Å²) in [6, 6.07) is 24.1. The number of benzene rings is 3. The minimum Gasteiger partial charge on any atom is -0.451 e. The highest BCUT2D eigenvalue weighted by atomic mass is 35.5. The highest BCUT2D eigenvalue weighted by Crippen LogP contribution is 2.49. The smallest absolute Gasteiger partial charge is 0.298 e. The number of hydrogen-bond donors (Lipinski definition) is 0. The molecule has 29 heavy (non-hydrogen) atoms. The first-order valence-electron chi connectivity index (χ1n) is 8.87. The number of carbonyl (C=O) groups is 1. The largest absolute Gasteiger partial charge is 0.451 e. The zero-order valence-corrected chi connectivity index (χ0v) is 17.3. The van der Waals surface area contributed by atoms with Crippen LogP contribution in [0, 0.1) is 0 Å². The molecule has 3 nitrogen and oxygen atoms in total. The van der Waals surface area contributed by atoms with E-state index in [2.05, 4.69) is 0 Å². The number of halogens is 2. The van der Waals surface area contributed by atoms with E-state index in [-0.39, 0.29) is 11.7 Å². The SMILES string of the molecule is O=C(c1ccc(-c2ccc(Cl)cc2)o1)N1c2ccccc2Sc2ccc(Cl)cc21. The molecular weight excluding hydrogens is 425 g/mol. The Morgan fingerprint density at radius 2 is 1.52 bits per heavy atom. The zero-order chi connectivity index (χ0) is 20.0. The summed E-state index contributed by atoms with van der Waals surface area (Å²) in [5.74, 6) is 0.611. The molecule has 4 aromatic rings. The first kappa shape index (κ1) is 18.4. The van der Waals surface area contributed by atoms with E-state index in [4.69, 9.17) is 27.6 Å². The molecule has 6 heteroatoms. The van der Waals surface area contributed by atoms with Crippen molar-refractivity contribution < 1.29 is 9.21 Å².